The van der Waals surface area contributed by atoms with Crippen molar-refractivity contribution in [2.45, 2.75) is 33.2 Å². The second kappa shape index (κ2) is 12.5. The number of fused-ring (bicyclic) bond motifs is 1. The van der Waals surface area contributed by atoms with Gasteiger partial charge < -0.3 is 24.8 Å². The summed E-state index contributed by atoms with van der Waals surface area (Å²) in [7, 11) is 5.18. The van der Waals surface area contributed by atoms with E-state index in [0.717, 1.165) is 76.2 Å². The molecule has 0 bridgehead atoms. The number of nitrogens with zero attached hydrogens (tertiary/aromatic N) is 2. The maximum Gasteiger partial charge on any atom is 0.191 e. The molecule has 0 aromatic heterocycles. The summed E-state index contributed by atoms with van der Waals surface area (Å²) < 4.78 is 16.5. The van der Waals surface area contributed by atoms with E-state index in [2.05, 4.69) is 46.5 Å². The molecule has 0 unspecified atom stereocenters. The van der Waals surface area contributed by atoms with Crippen LogP contribution in [0.25, 0.3) is 0 Å². The zero-order valence-electron chi connectivity index (χ0n) is 18.7. The van der Waals surface area contributed by atoms with Crippen LogP contribution >= 0.6 is 0 Å². The summed E-state index contributed by atoms with van der Waals surface area (Å²) in [6.45, 7) is 10.6. The second-order valence-corrected chi connectivity index (χ2v) is 7.75. The van der Waals surface area contributed by atoms with E-state index in [9.17, 15) is 0 Å². The first-order valence-electron chi connectivity index (χ1n) is 10.6. The van der Waals surface area contributed by atoms with Gasteiger partial charge in [-0.1, -0.05) is 13.8 Å². The molecule has 0 saturated carbocycles. The molecule has 0 amide bonds. The Labute approximate surface area is 175 Å². The fraction of sp³-hybridized carbons (Fsp3) is 0.682. The number of aliphatic imine (C=N–C) groups is 1. The van der Waals surface area contributed by atoms with Crippen LogP contribution in [-0.2, 0) is 17.7 Å². The van der Waals surface area contributed by atoms with Gasteiger partial charge in [0.15, 0.2) is 17.5 Å². The van der Waals surface area contributed by atoms with Crippen molar-refractivity contribution in [2.24, 2.45) is 10.9 Å². The van der Waals surface area contributed by atoms with E-state index < -0.39 is 0 Å². The Bertz CT molecular complexity index is 649. The number of rotatable bonds is 11. The summed E-state index contributed by atoms with van der Waals surface area (Å²) in [5.74, 6) is 3.04. The number of ether oxygens (including phenoxy) is 3. The van der Waals surface area contributed by atoms with Crippen LogP contribution in [0.4, 0.5) is 0 Å². The molecule has 1 aromatic carbocycles. The van der Waals surface area contributed by atoms with Crippen molar-refractivity contribution in [1.82, 2.24) is 15.5 Å². The Morgan fingerprint density at radius 3 is 2.45 bits per heavy atom. The van der Waals surface area contributed by atoms with Crippen molar-refractivity contribution in [3.63, 3.8) is 0 Å². The van der Waals surface area contributed by atoms with Crippen molar-refractivity contribution < 1.29 is 14.2 Å². The normalized spacial score (nSPS) is 14.6. The molecule has 0 saturated heterocycles. The van der Waals surface area contributed by atoms with Gasteiger partial charge in [-0.2, -0.15) is 0 Å². The highest BCUT2D eigenvalue weighted by Crippen LogP contribution is 2.33. The molecule has 7 heteroatoms. The average molecular weight is 407 g/mol. The molecular formula is C22H38N4O3. The summed E-state index contributed by atoms with van der Waals surface area (Å²) in [5, 5.41) is 6.75. The van der Waals surface area contributed by atoms with Gasteiger partial charge in [0.1, 0.15) is 0 Å². The van der Waals surface area contributed by atoms with Gasteiger partial charge in [0.2, 0.25) is 0 Å². The number of nitrogens with one attached hydrogen (secondary N) is 2. The van der Waals surface area contributed by atoms with Gasteiger partial charge in [-0.05, 0) is 42.0 Å². The molecule has 1 aromatic rings. The van der Waals surface area contributed by atoms with Crippen LogP contribution < -0.4 is 20.1 Å². The summed E-state index contributed by atoms with van der Waals surface area (Å²) in [6, 6.07) is 4.22. The van der Waals surface area contributed by atoms with Crippen molar-refractivity contribution >= 4 is 5.96 Å². The summed E-state index contributed by atoms with van der Waals surface area (Å²) in [4.78, 5) is 6.75. The molecule has 0 atom stereocenters. The minimum atomic E-state index is 0.585. The van der Waals surface area contributed by atoms with Gasteiger partial charge in [0.05, 0.1) is 14.2 Å². The van der Waals surface area contributed by atoms with Crippen LogP contribution in [0, 0.1) is 5.92 Å². The molecular weight excluding hydrogens is 368 g/mol. The fourth-order valence-corrected chi connectivity index (χ4v) is 3.39. The maximum atomic E-state index is 5.61. The largest absolute Gasteiger partial charge is 0.493 e. The predicted molar refractivity (Wildman–Crippen MR) is 118 cm³/mol. The number of benzene rings is 1. The molecule has 1 aliphatic heterocycles. The molecule has 7 nitrogen and oxygen atoms in total. The van der Waals surface area contributed by atoms with Crippen LogP contribution in [0.2, 0.25) is 0 Å². The summed E-state index contributed by atoms with van der Waals surface area (Å²) in [6.07, 6.45) is 2.00. The molecule has 0 spiro atoms. The number of hydrogen-bond donors (Lipinski definition) is 2. The lowest BCUT2D eigenvalue weighted by Gasteiger charge is -2.29. The van der Waals surface area contributed by atoms with Crippen LogP contribution in [0.1, 0.15) is 31.4 Å². The predicted octanol–water partition coefficient (Wildman–Crippen LogP) is 2.29. The van der Waals surface area contributed by atoms with Crippen LogP contribution in [0.3, 0.4) is 0 Å². The lowest BCUT2D eigenvalue weighted by molar-refractivity contribution is 0.108. The number of methoxy groups -OCH3 is 2. The fourth-order valence-electron chi connectivity index (χ4n) is 3.39. The number of hydrogen-bond acceptors (Lipinski definition) is 5. The highest BCUT2D eigenvalue weighted by molar-refractivity contribution is 5.79. The minimum absolute atomic E-state index is 0.585. The van der Waals surface area contributed by atoms with E-state index in [0.29, 0.717) is 5.92 Å². The molecule has 0 fully saturated rings. The smallest absolute Gasteiger partial charge is 0.191 e. The third kappa shape index (κ3) is 7.74. The van der Waals surface area contributed by atoms with Gasteiger partial charge in [0.25, 0.3) is 0 Å². The van der Waals surface area contributed by atoms with E-state index in [1.165, 1.54) is 11.1 Å². The third-order valence-corrected chi connectivity index (χ3v) is 4.95. The summed E-state index contributed by atoms with van der Waals surface area (Å²) >= 11 is 0. The van der Waals surface area contributed by atoms with Gasteiger partial charge >= 0.3 is 0 Å². The Kier molecular flexibility index (Phi) is 10.1. The van der Waals surface area contributed by atoms with Crippen LogP contribution in [0.5, 0.6) is 11.5 Å². The Hall–Kier alpha value is -1.99. The molecule has 164 valence electrons. The highest BCUT2D eigenvalue weighted by Gasteiger charge is 2.19. The Morgan fingerprint density at radius 1 is 1.10 bits per heavy atom. The molecule has 1 aliphatic rings. The molecule has 2 N–H and O–H groups in total. The van der Waals surface area contributed by atoms with Gasteiger partial charge in [-0.3, -0.25) is 9.89 Å². The monoisotopic (exact) mass is 406 g/mol. The topological polar surface area (TPSA) is 67.4 Å². The van der Waals surface area contributed by atoms with Crippen molar-refractivity contribution in [3.05, 3.63) is 23.3 Å². The maximum absolute atomic E-state index is 5.61. The van der Waals surface area contributed by atoms with Crippen LogP contribution in [0.15, 0.2) is 17.1 Å². The lowest BCUT2D eigenvalue weighted by Crippen LogP contribution is -2.43. The standard InChI is InChI=1S/C22H38N4O3/c1-17(2)16-29-12-6-8-24-22(23-3)25-9-11-26-10-7-18-13-20(27-4)21(28-5)14-19(18)15-26/h13-14,17H,6-12,15-16H2,1-5H3,(H2,23,24,25). The van der Waals surface area contributed by atoms with Crippen molar-refractivity contribution in [3.8, 4) is 11.5 Å². The first-order valence-corrected chi connectivity index (χ1v) is 10.6. The van der Waals surface area contributed by atoms with Crippen molar-refractivity contribution in [2.75, 3.05) is 60.7 Å². The SMILES string of the molecule is CN=C(NCCCOCC(C)C)NCCN1CCc2cc(OC)c(OC)cc2C1. The molecule has 0 radical (unpaired) electrons. The van der Waals surface area contributed by atoms with E-state index in [1.54, 1.807) is 21.3 Å². The molecule has 29 heavy (non-hydrogen) atoms. The van der Waals surface area contributed by atoms with Crippen molar-refractivity contribution in [1.29, 1.82) is 0 Å². The van der Waals surface area contributed by atoms with Crippen LogP contribution in [-0.4, -0.2) is 71.5 Å². The second-order valence-electron chi connectivity index (χ2n) is 7.75. The first kappa shape index (κ1) is 23.3. The Balaban J connectivity index is 1.70. The zero-order chi connectivity index (χ0) is 21.1. The quantitative estimate of drug-likeness (QED) is 0.334. The van der Waals surface area contributed by atoms with E-state index in [4.69, 9.17) is 14.2 Å². The van der Waals surface area contributed by atoms with Gasteiger partial charge in [-0.15, -0.1) is 0 Å². The van der Waals surface area contributed by atoms with Gasteiger partial charge in [-0.25, -0.2) is 0 Å². The molecule has 0 aliphatic carbocycles. The average Bonchev–Trinajstić information content (AvgIpc) is 2.73. The van der Waals surface area contributed by atoms with E-state index >= 15 is 0 Å². The third-order valence-electron chi connectivity index (χ3n) is 4.95. The zero-order valence-corrected chi connectivity index (χ0v) is 18.7. The molecule has 2 rings (SSSR count). The highest BCUT2D eigenvalue weighted by atomic mass is 16.5. The van der Waals surface area contributed by atoms with Gasteiger partial charge in [0, 0.05) is 53.0 Å². The Morgan fingerprint density at radius 2 is 1.79 bits per heavy atom. The molecule has 1 heterocycles. The lowest BCUT2D eigenvalue weighted by atomic mass is 9.99. The summed E-state index contributed by atoms with van der Waals surface area (Å²) in [5.41, 5.74) is 2.67. The first-order chi connectivity index (χ1) is 14.1. The van der Waals surface area contributed by atoms with E-state index in [-0.39, 0.29) is 0 Å². The minimum Gasteiger partial charge on any atom is -0.493 e. The van der Waals surface area contributed by atoms with E-state index in [1.807, 2.05) is 0 Å². The number of guanidine groups is 1.